The predicted octanol–water partition coefficient (Wildman–Crippen LogP) is 5.19. The number of hydrogen-bond acceptors (Lipinski definition) is 7. The summed E-state index contributed by atoms with van der Waals surface area (Å²) in [5.74, 6) is 1.20. The number of anilines is 4. The minimum Gasteiger partial charge on any atom is -0.481 e. The summed E-state index contributed by atoms with van der Waals surface area (Å²) in [6, 6.07) is 7.70. The maximum atomic E-state index is 12.0. The van der Waals surface area contributed by atoms with E-state index in [0.29, 0.717) is 22.7 Å². The zero-order valence-electron chi connectivity index (χ0n) is 17.7. The van der Waals surface area contributed by atoms with Gasteiger partial charge < -0.3 is 15.4 Å². The number of benzene rings is 1. The van der Waals surface area contributed by atoms with E-state index in [1.165, 1.54) is 12.3 Å². The molecule has 7 nitrogen and oxygen atoms in total. The highest BCUT2D eigenvalue weighted by molar-refractivity contribution is 6.32. The number of rotatable bonds is 9. The van der Waals surface area contributed by atoms with Crippen LogP contribution >= 0.6 is 11.6 Å². The molecule has 0 aliphatic heterocycles. The zero-order valence-corrected chi connectivity index (χ0v) is 18.5. The molecule has 1 aromatic carbocycles. The van der Waals surface area contributed by atoms with Crippen LogP contribution in [-0.2, 0) is 17.6 Å². The molecule has 3 aromatic rings. The summed E-state index contributed by atoms with van der Waals surface area (Å²) in [7, 11) is 1.56. The second kappa shape index (κ2) is 10.0. The first-order valence-electron chi connectivity index (χ1n) is 9.77. The van der Waals surface area contributed by atoms with Gasteiger partial charge in [0.25, 0.3) is 0 Å². The lowest BCUT2D eigenvalue weighted by Crippen LogP contribution is -2.06. The van der Waals surface area contributed by atoms with E-state index in [-0.39, 0.29) is 12.2 Å². The van der Waals surface area contributed by atoms with Gasteiger partial charge in [0, 0.05) is 24.4 Å². The second-order valence-corrected chi connectivity index (χ2v) is 7.28. The van der Waals surface area contributed by atoms with Crippen LogP contribution in [0.4, 0.5) is 23.1 Å². The maximum absolute atomic E-state index is 12.0. The number of hydrogen-bond donors (Lipinski definition) is 2. The van der Waals surface area contributed by atoms with Gasteiger partial charge in [-0.15, -0.1) is 0 Å². The summed E-state index contributed by atoms with van der Waals surface area (Å²) in [5.41, 5.74) is 4.42. The number of allylic oxidation sites excluding steroid dienone is 1. The summed E-state index contributed by atoms with van der Waals surface area (Å²) in [6.07, 6.45) is 5.65. The third-order valence-corrected chi connectivity index (χ3v) is 4.98. The van der Waals surface area contributed by atoms with Crippen LogP contribution < -0.4 is 15.4 Å². The van der Waals surface area contributed by atoms with Crippen molar-refractivity contribution in [1.82, 2.24) is 15.0 Å². The number of carbonyl (C=O) groups excluding carboxylic acids is 1. The minimum absolute atomic E-state index is 0.0606. The molecule has 0 aliphatic rings. The Balaban J connectivity index is 1.91. The summed E-state index contributed by atoms with van der Waals surface area (Å²) >= 11 is 6.34. The number of halogens is 1. The molecular weight excluding hydrogens is 414 g/mol. The lowest BCUT2D eigenvalue weighted by molar-refractivity contribution is -0.114. The number of aryl methyl sites for hydroxylation is 2. The van der Waals surface area contributed by atoms with Crippen LogP contribution in [0.1, 0.15) is 23.6 Å². The summed E-state index contributed by atoms with van der Waals surface area (Å²) < 4.78 is 5.18. The first-order valence-corrected chi connectivity index (χ1v) is 10.2. The Hall–Kier alpha value is -3.45. The van der Waals surface area contributed by atoms with E-state index in [1.807, 2.05) is 25.1 Å². The standard InChI is InChI=1S/C23H24ClN5O2/c1-5-15-7-8-19(16(9-15)10-17(30)6-2)27-22-18(24)13-26-23(29-22)28-20-11-21(31-4)25-12-14(20)3/h6-9,11-13H,2,5,10H2,1,3-4H3,(H2,25,26,27,28,29). The smallest absolute Gasteiger partial charge is 0.229 e. The quantitative estimate of drug-likeness (QED) is 0.445. The van der Waals surface area contributed by atoms with Crippen LogP contribution in [0.25, 0.3) is 0 Å². The Morgan fingerprint density at radius 2 is 2.00 bits per heavy atom. The number of ether oxygens (including phenoxy) is 1. The van der Waals surface area contributed by atoms with Crippen LogP contribution in [0, 0.1) is 6.92 Å². The third kappa shape index (κ3) is 5.58. The molecule has 0 saturated heterocycles. The van der Waals surface area contributed by atoms with Gasteiger partial charge >= 0.3 is 0 Å². The van der Waals surface area contributed by atoms with E-state index in [0.717, 1.165) is 34.5 Å². The number of aromatic nitrogens is 3. The molecule has 160 valence electrons. The van der Waals surface area contributed by atoms with Gasteiger partial charge in [-0.3, -0.25) is 4.79 Å². The Bertz CT molecular complexity index is 1120. The highest BCUT2D eigenvalue weighted by Crippen LogP contribution is 2.29. The van der Waals surface area contributed by atoms with E-state index >= 15 is 0 Å². The second-order valence-electron chi connectivity index (χ2n) is 6.87. The molecule has 0 saturated carbocycles. The number of carbonyl (C=O) groups is 1. The molecule has 31 heavy (non-hydrogen) atoms. The maximum Gasteiger partial charge on any atom is 0.229 e. The summed E-state index contributed by atoms with van der Waals surface area (Å²) in [6.45, 7) is 7.55. The molecule has 0 radical (unpaired) electrons. The molecule has 2 N–H and O–H groups in total. The summed E-state index contributed by atoms with van der Waals surface area (Å²) in [4.78, 5) is 24.9. The van der Waals surface area contributed by atoms with E-state index in [4.69, 9.17) is 16.3 Å². The summed E-state index contributed by atoms with van der Waals surface area (Å²) in [5, 5.41) is 6.76. The van der Waals surface area contributed by atoms with Gasteiger partial charge in [0.05, 0.1) is 19.0 Å². The van der Waals surface area contributed by atoms with Gasteiger partial charge in [0.2, 0.25) is 11.8 Å². The first kappa shape index (κ1) is 22.2. The van der Waals surface area contributed by atoms with E-state index in [2.05, 4.69) is 39.1 Å². The largest absolute Gasteiger partial charge is 0.481 e. The molecule has 0 unspecified atom stereocenters. The van der Waals surface area contributed by atoms with Gasteiger partial charge in [0.1, 0.15) is 5.02 Å². The Morgan fingerprint density at radius 1 is 1.19 bits per heavy atom. The predicted molar refractivity (Wildman–Crippen MR) is 124 cm³/mol. The van der Waals surface area contributed by atoms with Crippen molar-refractivity contribution >= 4 is 40.5 Å². The molecule has 0 spiro atoms. The van der Waals surface area contributed by atoms with Gasteiger partial charge in [0.15, 0.2) is 11.6 Å². The highest BCUT2D eigenvalue weighted by atomic mass is 35.5. The van der Waals surface area contributed by atoms with Gasteiger partial charge in [-0.1, -0.05) is 37.2 Å². The number of nitrogens with zero attached hydrogens (tertiary/aromatic N) is 3. The van der Waals surface area contributed by atoms with E-state index in [9.17, 15) is 4.79 Å². The van der Waals surface area contributed by atoms with Crippen LogP contribution in [-0.4, -0.2) is 27.8 Å². The topological polar surface area (TPSA) is 89.0 Å². The molecular formula is C23H24ClN5O2. The van der Waals surface area contributed by atoms with Gasteiger partial charge in [-0.05, 0) is 42.2 Å². The van der Waals surface area contributed by atoms with Crippen molar-refractivity contribution in [2.45, 2.75) is 26.7 Å². The molecule has 0 aliphatic carbocycles. The van der Waals surface area contributed by atoms with E-state index < -0.39 is 0 Å². The molecule has 0 atom stereocenters. The van der Waals surface area contributed by atoms with Crippen molar-refractivity contribution in [1.29, 1.82) is 0 Å². The Morgan fingerprint density at radius 3 is 2.71 bits per heavy atom. The van der Waals surface area contributed by atoms with Crippen LogP contribution in [0.15, 0.2) is 49.3 Å². The van der Waals surface area contributed by atoms with Crippen molar-refractivity contribution in [2.75, 3.05) is 17.7 Å². The lowest BCUT2D eigenvalue weighted by Gasteiger charge is -2.15. The van der Waals surface area contributed by atoms with Crippen LogP contribution in [0.5, 0.6) is 5.88 Å². The Labute approximate surface area is 186 Å². The van der Waals surface area contributed by atoms with Crippen molar-refractivity contribution < 1.29 is 9.53 Å². The fourth-order valence-corrected chi connectivity index (χ4v) is 3.05. The van der Waals surface area contributed by atoms with Crippen molar-refractivity contribution in [2.24, 2.45) is 0 Å². The zero-order chi connectivity index (χ0) is 22.4. The highest BCUT2D eigenvalue weighted by Gasteiger charge is 2.12. The molecule has 0 fully saturated rings. The van der Waals surface area contributed by atoms with Crippen molar-refractivity contribution in [3.05, 3.63) is 71.0 Å². The van der Waals surface area contributed by atoms with Crippen molar-refractivity contribution in [3.8, 4) is 5.88 Å². The van der Waals surface area contributed by atoms with Crippen LogP contribution in [0.2, 0.25) is 5.02 Å². The molecule has 3 rings (SSSR count). The van der Waals surface area contributed by atoms with Gasteiger partial charge in [-0.2, -0.15) is 4.98 Å². The number of nitrogens with one attached hydrogen (secondary N) is 2. The third-order valence-electron chi connectivity index (χ3n) is 4.70. The average molecular weight is 438 g/mol. The lowest BCUT2D eigenvalue weighted by atomic mass is 10.0. The fourth-order valence-electron chi connectivity index (χ4n) is 2.91. The normalized spacial score (nSPS) is 10.5. The van der Waals surface area contributed by atoms with Crippen LogP contribution in [0.3, 0.4) is 0 Å². The minimum atomic E-state index is -0.0606. The monoisotopic (exact) mass is 437 g/mol. The number of ketones is 1. The number of methoxy groups -OCH3 is 1. The molecule has 0 bridgehead atoms. The molecule has 0 amide bonds. The SMILES string of the molecule is C=CC(=O)Cc1cc(CC)ccc1Nc1nc(Nc2cc(OC)ncc2C)ncc1Cl. The number of pyridine rings is 1. The first-order chi connectivity index (χ1) is 14.9. The van der Waals surface area contributed by atoms with Gasteiger partial charge in [-0.25, -0.2) is 9.97 Å². The molecule has 2 aromatic heterocycles. The van der Waals surface area contributed by atoms with E-state index in [1.54, 1.807) is 19.4 Å². The van der Waals surface area contributed by atoms with Crippen molar-refractivity contribution in [3.63, 3.8) is 0 Å². The Kier molecular flexibility index (Phi) is 7.20. The average Bonchev–Trinajstić information content (AvgIpc) is 2.78. The fraction of sp³-hybridized carbons (Fsp3) is 0.217. The molecule has 8 heteroatoms. The molecule has 2 heterocycles.